The van der Waals surface area contributed by atoms with Gasteiger partial charge in [-0.25, -0.2) is 0 Å². The fourth-order valence-electron chi connectivity index (χ4n) is 4.71. The quantitative estimate of drug-likeness (QED) is 0.762. The summed E-state index contributed by atoms with van der Waals surface area (Å²) in [7, 11) is 2.18. The third-order valence-corrected chi connectivity index (χ3v) is 6.68. The van der Waals surface area contributed by atoms with Gasteiger partial charge in [0.2, 0.25) is 5.91 Å². The van der Waals surface area contributed by atoms with Gasteiger partial charge in [0.15, 0.2) is 0 Å². The maximum Gasteiger partial charge on any atom is 0.224 e. The van der Waals surface area contributed by atoms with Gasteiger partial charge in [0.25, 0.3) is 0 Å². The van der Waals surface area contributed by atoms with E-state index in [-0.39, 0.29) is 11.8 Å². The van der Waals surface area contributed by atoms with Crippen molar-refractivity contribution in [2.24, 2.45) is 5.92 Å². The molecule has 134 valence electrons. The highest BCUT2D eigenvalue weighted by molar-refractivity contribution is 9.10. The molecular formula is C20H26BrN3O. The number of aromatic nitrogens is 1. The van der Waals surface area contributed by atoms with Crippen molar-refractivity contribution in [2.45, 2.75) is 44.6 Å². The van der Waals surface area contributed by atoms with Gasteiger partial charge in [-0.1, -0.05) is 25.5 Å². The summed E-state index contributed by atoms with van der Waals surface area (Å²) in [5, 5.41) is 4.51. The first kappa shape index (κ1) is 17.1. The Morgan fingerprint density at radius 1 is 1.44 bits per heavy atom. The van der Waals surface area contributed by atoms with Gasteiger partial charge < -0.3 is 15.2 Å². The van der Waals surface area contributed by atoms with Crippen molar-refractivity contribution < 1.29 is 4.79 Å². The number of nitrogens with one attached hydrogen (secondary N) is 2. The molecule has 1 aliphatic carbocycles. The monoisotopic (exact) mass is 403 g/mol. The summed E-state index contributed by atoms with van der Waals surface area (Å²) in [4.78, 5) is 18.5. The summed E-state index contributed by atoms with van der Waals surface area (Å²) >= 11 is 3.71. The van der Waals surface area contributed by atoms with Crippen molar-refractivity contribution in [2.75, 3.05) is 20.1 Å². The molecule has 0 saturated carbocycles. The van der Waals surface area contributed by atoms with E-state index in [0.29, 0.717) is 12.0 Å². The SMILES string of the molecule is CCCCNC(=O)[C@@H]1C[C@@H]2c3cccc4[nH]c(Br)c(c34)C[C@H]2N(C)C1. The maximum atomic E-state index is 12.6. The van der Waals surface area contributed by atoms with Crippen LogP contribution >= 0.6 is 15.9 Å². The molecule has 2 heterocycles. The summed E-state index contributed by atoms with van der Waals surface area (Å²) in [5.74, 6) is 0.744. The number of amides is 1. The predicted molar refractivity (Wildman–Crippen MR) is 105 cm³/mol. The third-order valence-electron chi connectivity index (χ3n) is 6.00. The van der Waals surface area contributed by atoms with Crippen LogP contribution in [0.25, 0.3) is 10.9 Å². The number of hydrogen-bond donors (Lipinski definition) is 2. The molecule has 1 saturated heterocycles. The molecule has 0 spiro atoms. The molecular weight excluding hydrogens is 378 g/mol. The summed E-state index contributed by atoms with van der Waals surface area (Å²) in [5.41, 5.74) is 4.00. The Morgan fingerprint density at radius 3 is 3.08 bits per heavy atom. The number of carbonyl (C=O) groups excluding carboxylic acids is 1. The number of hydrogen-bond acceptors (Lipinski definition) is 2. The summed E-state index contributed by atoms with van der Waals surface area (Å²) < 4.78 is 1.11. The van der Waals surface area contributed by atoms with Crippen LogP contribution in [0.2, 0.25) is 0 Å². The van der Waals surface area contributed by atoms with Gasteiger partial charge in [-0.3, -0.25) is 4.79 Å². The zero-order valence-electron chi connectivity index (χ0n) is 14.9. The zero-order valence-corrected chi connectivity index (χ0v) is 16.5. The summed E-state index contributed by atoms with van der Waals surface area (Å²) in [6, 6.07) is 7.02. The number of nitrogens with zero attached hydrogens (tertiary/aromatic N) is 1. The lowest BCUT2D eigenvalue weighted by Crippen LogP contribution is -2.51. The second kappa shape index (κ2) is 6.76. The van der Waals surface area contributed by atoms with Gasteiger partial charge in [-0.15, -0.1) is 0 Å². The van der Waals surface area contributed by atoms with Crippen LogP contribution in [0.5, 0.6) is 0 Å². The zero-order chi connectivity index (χ0) is 17.6. The van der Waals surface area contributed by atoms with Crippen LogP contribution in [0, 0.1) is 5.92 Å². The highest BCUT2D eigenvalue weighted by Crippen LogP contribution is 2.46. The molecule has 4 rings (SSSR count). The van der Waals surface area contributed by atoms with Crippen molar-refractivity contribution in [3.8, 4) is 0 Å². The van der Waals surface area contributed by atoms with E-state index in [0.717, 1.165) is 43.4 Å². The molecule has 1 amide bonds. The number of aromatic amines is 1. The number of likely N-dealkylation sites (tertiary alicyclic amines) is 1. The first-order valence-corrected chi connectivity index (χ1v) is 10.2. The fraction of sp³-hybridized carbons (Fsp3) is 0.550. The molecule has 4 nitrogen and oxygen atoms in total. The molecule has 3 atom stereocenters. The molecule has 1 fully saturated rings. The average Bonchev–Trinajstić information content (AvgIpc) is 2.93. The van der Waals surface area contributed by atoms with E-state index in [2.05, 4.69) is 63.3 Å². The largest absolute Gasteiger partial charge is 0.356 e. The smallest absolute Gasteiger partial charge is 0.224 e. The number of fused-ring (bicyclic) bond motifs is 2. The molecule has 1 aromatic heterocycles. The topological polar surface area (TPSA) is 48.1 Å². The first-order chi connectivity index (χ1) is 12.1. The Labute approximate surface area is 157 Å². The number of unbranched alkanes of at least 4 members (excludes halogenated alkanes) is 1. The van der Waals surface area contributed by atoms with E-state index < -0.39 is 0 Å². The molecule has 2 aromatic rings. The van der Waals surface area contributed by atoms with Gasteiger partial charge >= 0.3 is 0 Å². The molecule has 2 N–H and O–H groups in total. The Balaban J connectivity index is 1.63. The van der Waals surface area contributed by atoms with E-state index in [1.165, 1.54) is 22.0 Å². The van der Waals surface area contributed by atoms with Crippen LogP contribution in [-0.2, 0) is 11.2 Å². The highest BCUT2D eigenvalue weighted by Gasteiger charge is 2.41. The second-order valence-corrected chi connectivity index (χ2v) is 8.38. The Hall–Kier alpha value is -1.33. The molecule has 5 heteroatoms. The van der Waals surface area contributed by atoms with Crippen LogP contribution in [0.4, 0.5) is 0 Å². The lowest BCUT2D eigenvalue weighted by Gasteiger charge is -2.45. The minimum atomic E-state index is 0.0855. The lowest BCUT2D eigenvalue weighted by molar-refractivity contribution is -0.127. The number of likely N-dealkylation sites (N-methyl/N-ethyl adjacent to an activating group) is 1. The van der Waals surface area contributed by atoms with Crippen molar-refractivity contribution in [1.82, 2.24) is 15.2 Å². The van der Waals surface area contributed by atoms with Crippen molar-refractivity contribution >= 4 is 32.7 Å². The van der Waals surface area contributed by atoms with Gasteiger partial charge in [-0.05, 0) is 59.4 Å². The van der Waals surface area contributed by atoms with E-state index in [9.17, 15) is 4.79 Å². The van der Waals surface area contributed by atoms with Gasteiger partial charge in [-0.2, -0.15) is 0 Å². The van der Waals surface area contributed by atoms with Gasteiger partial charge in [0.05, 0.1) is 10.5 Å². The predicted octanol–water partition coefficient (Wildman–Crippen LogP) is 3.81. The van der Waals surface area contributed by atoms with Crippen LogP contribution in [0.1, 0.15) is 43.2 Å². The minimum absolute atomic E-state index is 0.0855. The molecule has 1 aliphatic heterocycles. The Morgan fingerprint density at radius 2 is 2.28 bits per heavy atom. The van der Waals surface area contributed by atoms with Crippen LogP contribution in [-0.4, -0.2) is 42.0 Å². The number of carbonyl (C=O) groups is 1. The van der Waals surface area contributed by atoms with E-state index in [4.69, 9.17) is 0 Å². The number of halogens is 1. The molecule has 25 heavy (non-hydrogen) atoms. The van der Waals surface area contributed by atoms with Crippen LogP contribution in [0.3, 0.4) is 0 Å². The van der Waals surface area contributed by atoms with Gasteiger partial charge in [0, 0.05) is 36.0 Å². The summed E-state index contributed by atoms with van der Waals surface area (Å²) in [6.07, 6.45) is 4.17. The third kappa shape index (κ3) is 2.91. The van der Waals surface area contributed by atoms with Crippen LogP contribution in [0.15, 0.2) is 22.8 Å². The van der Waals surface area contributed by atoms with Crippen molar-refractivity contribution in [3.05, 3.63) is 33.9 Å². The highest BCUT2D eigenvalue weighted by atomic mass is 79.9. The molecule has 0 unspecified atom stereocenters. The maximum absolute atomic E-state index is 12.6. The van der Waals surface area contributed by atoms with Crippen molar-refractivity contribution in [1.29, 1.82) is 0 Å². The number of benzene rings is 1. The Kier molecular flexibility index (Phi) is 4.63. The van der Waals surface area contributed by atoms with Crippen molar-refractivity contribution in [3.63, 3.8) is 0 Å². The standard InChI is InChI=1S/C20H26BrN3O/c1-3-4-8-22-20(25)12-9-14-13-6-5-7-16-18(13)15(19(21)23-16)10-17(14)24(2)11-12/h5-7,12,14,17,23H,3-4,8-11H2,1-2H3,(H,22,25)/t12-,14-,17-/m1/s1. The Bertz CT molecular complexity index is 800. The second-order valence-electron chi connectivity index (χ2n) is 7.58. The molecule has 1 aromatic carbocycles. The van der Waals surface area contributed by atoms with E-state index >= 15 is 0 Å². The lowest BCUT2D eigenvalue weighted by atomic mass is 9.72. The minimum Gasteiger partial charge on any atom is -0.356 e. The first-order valence-electron chi connectivity index (χ1n) is 9.37. The van der Waals surface area contributed by atoms with Gasteiger partial charge in [0.1, 0.15) is 0 Å². The van der Waals surface area contributed by atoms with Crippen LogP contribution < -0.4 is 5.32 Å². The molecule has 2 aliphatic rings. The van der Waals surface area contributed by atoms with E-state index in [1.807, 2.05) is 0 Å². The summed E-state index contributed by atoms with van der Waals surface area (Å²) in [6.45, 7) is 3.81. The molecule has 0 bridgehead atoms. The fourth-order valence-corrected chi connectivity index (χ4v) is 5.28. The molecule has 0 radical (unpaired) electrons. The number of piperidine rings is 1. The van der Waals surface area contributed by atoms with E-state index in [1.54, 1.807) is 0 Å². The number of rotatable bonds is 4. The number of H-pyrrole nitrogens is 1. The normalized spacial score (nSPS) is 25.8. The average molecular weight is 404 g/mol.